The number of benzene rings is 3. The predicted octanol–water partition coefficient (Wildman–Crippen LogP) is 5.19. The zero-order chi connectivity index (χ0) is 26.8. The van der Waals surface area contributed by atoms with Gasteiger partial charge < -0.3 is 14.2 Å². The lowest BCUT2D eigenvalue weighted by Gasteiger charge is -2.13. The van der Waals surface area contributed by atoms with Gasteiger partial charge in [-0.15, -0.1) is 0 Å². The maximum Gasteiger partial charge on any atom is 0.330 e. The number of halogens is 1. The Morgan fingerprint density at radius 1 is 0.897 bits per heavy atom. The van der Waals surface area contributed by atoms with E-state index in [-0.39, 0.29) is 6.54 Å². The Morgan fingerprint density at radius 3 is 2.44 bits per heavy atom. The highest BCUT2D eigenvalue weighted by atomic mass is 35.5. The summed E-state index contributed by atoms with van der Waals surface area (Å²) in [5.41, 5.74) is 2.57. The number of ether oxygens (including phenoxy) is 3. The number of nitrogens with zero attached hydrogens (tertiary/aromatic N) is 2. The van der Waals surface area contributed by atoms with Crippen molar-refractivity contribution in [3.8, 4) is 28.4 Å². The monoisotopic (exact) mass is 541 g/mol. The van der Waals surface area contributed by atoms with E-state index in [9.17, 15) is 9.59 Å². The average Bonchev–Trinajstić information content (AvgIpc) is 3.20. The molecule has 0 aliphatic carbocycles. The van der Waals surface area contributed by atoms with E-state index in [1.165, 1.54) is 4.57 Å². The van der Waals surface area contributed by atoms with Crippen LogP contribution in [0.15, 0.2) is 88.6 Å². The molecule has 0 radical (unpaired) electrons. The van der Waals surface area contributed by atoms with Gasteiger partial charge in [-0.3, -0.25) is 14.3 Å². The fourth-order valence-corrected chi connectivity index (χ4v) is 4.68. The van der Waals surface area contributed by atoms with Crippen molar-refractivity contribution in [3.63, 3.8) is 0 Å². The second kappa shape index (κ2) is 10.7. The summed E-state index contributed by atoms with van der Waals surface area (Å²) in [5, 5.41) is 1.01. The molecule has 0 saturated carbocycles. The van der Waals surface area contributed by atoms with Crippen LogP contribution in [0.1, 0.15) is 17.5 Å². The molecule has 9 heteroatoms. The summed E-state index contributed by atoms with van der Waals surface area (Å²) in [6.45, 7) is 1.77. The molecular weight excluding hydrogens is 518 g/mol. The van der Waals surface area contributed by atoms with E-state index in [0.717, 1.165) is 23.1 Å². The van der Waals surface area contributed by atoms with Gasteiger partial charge in [-0.2, -0.15) is 0 Å². The number of nitrogens with one attached hydrogen (secondary N) is 1. The molecule has 5 aromatic rings. The van der Waals surface area contributed by atoms with Crippen LogP contribution in [0.4, 0.5) is 0 Å². The maximum atomic E-state index is 13.0. The summed E-state index contributed by atoms with van der Waals surface area (Å²) >= 11 is 5.95. The molecule has 0 bridgehead atoms. The third-order valence-electron chi connectivity index (χ3n) is 6.52. The van der Waals surface area contributed by atoms with Crippen LogP contribution in [-0.2, 0) is 13.2 Å². The van der Waals surface area contributed by atoms with Gasteiger partial charge in [-0.1, -0.05) is 41.9 Å². The van der Waals surface area contributed by atoms with E-state index in [1.54, 1.807) is 12.3 Å². The molecule has 3 heterocycles. The molecule has 0 spiro atoms. The van der Waals surface area contributed by atoms with Gasteiger partial charge in [-0.25, -0.2) is 9.78 Å². The Labute approximate surface area is 228 Å². The Kier molecular flexibility index (Phi) is 6.77. The van der Waals surface area contributed by atoms with Crippen molar-refractivity contribution in [2.24, 2.45) is 0 Å². The van der Waals surface area contributed by atoms with Gasteiger partial charge in [0.15, 0.2) is 11.5 Å². The van der Waals surface area contributed by atoms with Crippen LogP contribution in [0.25, 0.3) is 22.2 Å². The molecule has 6 rings (SSSR count). The molecule has 0 unspecified atom stereocenters. The number of hydrogen-bond donors (Lipinski definition) is 1. The molecule has 0 amide bonds. The smallest absolute Gasteiger partial charge is 0.330 e. The Balaban J connectivity index is 1.31. The number of fused-ring (bicyclic) bond motifs is 2. The quantitative estimate of drug-likeness (QED) is 0.318. The van der Waals surface area contributed by atoms with Crippen LogP contribution >= 0.6 is 11.6 Å². The van der Waals surface area contributed by atoms with E-state index in [0.29, 0.717) is 58.7 Å². The number of hydrogen-bond acceptors (Lipinski definition) is 6. The first kappa shape index (κ1) is 24.8. The Bertz CT molecular complexity index is 1760. The van der Waals surface area contributed by atoms with Crippen molar-refractivity contribution in [2.45, 2.75) is 19.6 Å². The normalized spacial score (nSPS) is 12.7. The van der Waals surface area contributed by atoms with Crippen LogP contribution < -0.4 is 25.5 Å². The molecule has 39 heavy (non-hydrogen) atoms. The lowest BCUT2D eigenvalue weighted by Crippen LogP contribution is -2.31. The van der Waals surface area contributed by atoms with E-state index in [4.69, 9.17) is 25.8 Å². The molecule has 3 aromatic carbocycles. The first-order valence-corrected chi connectivity index (χ1v) is 12.9. The van der Waals surface area contributed by atoms with Crippen molar-refractivity contribution in [2.75, 3.05) is 13.2 Å². The first-order chi connectivity index (χ1) is 19.0. The van der Waals surface area contributed by atoms with E-state index >= 15 is 0 Å². The molecule has 1 aliphatic heterocycles. The summed E-state index contributed by atoms with van der Waals surface area (Å²) in [7, 11) is 0. The topological polar surface area (TPSA) is 95.4 Å². The number of H-pyrrole nitrogens is 1. The highest BCUT2D eigenvalue weighted by Gasteiger charge is 2.16. The molecule has 0 saturated heterocycles. The van der Waals surface area contributed by atoms with Gasteiger partial charge in [0, 0.05) is 17.6 Å². The van der Waals surface area contributed by atoms with E-state index in [1.807, 2.05) is 66.7 Å². The molecular formula is C30H24ClN3O5. The van der Waals surface area contributed by atoms with Crippen LogP contribution in [0, 0.1) is 0 Å². The van der Waals surface area contributed by atoms with Crippen LogP contribution in [0.2, 0.25) is 5.02 Å². The molecule has 2 aromatic heterocycles. The van der Waals surface area contributed by atoms with Crippen molar-refractivity contribution in [3.05, 3.63) is 116 Å². The first-order valence-electron chi connectivity index (χ1n) is 12.5. The zero-order valence-electron chi connectivity index (χ0n) is 20.9. The highest BCUT2D eigenvalue weighted by Crippen LogP contribution is 2.31. The van der Waals surface area contributed by atoms with Crippen LogP contribution in [0.3, 0.4) is 0 Å². The molecule has 0 atom stereocenters. The predicted molar refractivity (Wildman–Crippen MR) is 149 cm³/mol. The Hall–Kier alpha value is -4.56. The standard InChI is InChI=1S/C30H24ClN3O5/c31-22-7-2-19(3-8-22)18-39-23-9-5-21(6-10-23)24-12-13-32-28-27(24)29(35)33-30(36)34(28)17-20-4-11-25-26(16-20)38-15-1-14-37-25/h2-13,16H,1,14-15,17-18H2,(H,33,35,36). The van der Waals surface area contributed by atoms with Crippen LogP contribution in [-0.4, -0.2) is 27.7 Å². The largest absolute Gasteiger partial charge is 0.490 e. The SMILES string of the molecule is O=c1[nH]c(=O)n(Cc2ccc3c(c2)OCCCO3)c2nccc(-c3ccc(OCc4ccc(Cl)cc4)cc3)c12. The van der Waals surface area contributed by atoms with E-state index < -0.39 is 11.2 Å². The molecule has 8 nitrogen and oxygen atoms in total. The van der Waals surface area contributed by atoms with E-state index in [2.05, 4.69) is 9.97 Å². The lowest BCUT2D eigenvalue weighted by atomic mass is 10.0. The fourth-order valence-electron chi connectivity index (χ4n) is 4.56. The van der Waals surface area contributed by atoms with Crippen molar-refractivity contribution < 1.29 is 14.2 Å². The number of pyridine rings is 1. The van der Waals surface area contributed by atoms with Crippen molar-refractivity contribution in [1.82, 2.24) is 14.5 Å². The minimum atomic E-state index is -0.532. The summed E-state index contributed by atoms with van der Waals surface area (Å²) in [4.78, 5) is 32.8. The second-order valence-electron chi connectivity index (χ2n) is 9.17. The van der Waals surface area contributed by atoms with Gasteiger partial charge in [0.05, 0.1) is 25.1 Å². The summed E-state index contributed by atoms with van der Waals surface area (Å²) in [5.74, 6) is 2.00. The molecule has 196 valence electrons. The highest BCUT2D eigenvalue weighted by molar-refractivity contribution is 6.30. The minimum absolute atomic E-state index is 0.205. The third-order valence-corrected chi connectivity index (χ3v) is 6.77. The Morgan fingerprint density at radius 2 is 1.64 bits per heavy atom. The number of aromatic amines is 1. The second-order valence-corrected chi connectivity index (χ2v) is 9.61. The van der Waals surface area contributed by atoms with Crippen molar-refractivity contribution in [1.29, 1.82) is 0 Å². The van der Waals surface area contributed by atoms with Crippen molar-refractivity contribution >= 4 is 22.6 Å². The summed E-state index contributed by atoms with van der Waals surface area (Å²) in [6.07, 6.45) is 2.40. The van der Waals surface area contributed by atoms with Gasteiger partial charge in [0.2, 0.25) is 0 Å². The fraction of sp³-hybridized carbons (Fsp3) is 0.167. The van der Waals surface area contributed by atoms with Gasteiger partial charge in [0.1, 0.15) is 18.0 Å². The van der Waals surface area contributed by atoms with Crippen LogP contribution in [0.5, 0.6) is 17.2 Å². The lowest BCUT2D eigenvalue weighted by molar-refractivity contribution is 0.297. The molecule has 0 fully saturated rings. The van der Waals surface area contributed by atoms with Gasteiger partial charge >= 0.3 is 5.69 Å². The number of rotatable bonds is 6. The maximum absolute atomic E-state index is 13.0. The average molecular weight is 542 g/mol. The van der Waals surface area contributed by atoms with Gasteiger partial charge in [0.25, 0.3) is 5.56 Å². The number of aromatic nitrogens is 3. The molecule has 1 N–H and O–H groups in total. The summed E-state index contributed by atoms with van der Waals surface area (Å²) in [6, 6.07) is 22.3. The molecule has 1 aliphatic rings. The third kappa shape index (κ3) is 5.24. The summed E-state index contributed by atoms with van der Waals surface area (Å²) < 4.78 is 18.9. The minimum Gasteiger partial charge on any atom is -0.490 e. The zero-order valence-corrected chi connectivity index (χ0v) is 21.6. The van der Waals surface area contributed by atoms with Gasteiger partial charge in [-0.05, 0) is 64.7 Å².